The van der Waals surface area contributed by atoms with Crippen LogP contribution in [0, 0.1) is 0 Å². The molecule has 1 aromatic heterocycles. The lowest BCUT2D eigenvalue weighted by atomic mass is 9.97. The highest BCUT2D eigenvalue weighted by molar-refractivity contribution is 5.93. The number of hydrogen-bond acceptors (Lipinski definition) is 5. The molecular formula is C21H21F3N2O4. The number of hydrogen-bond donors (Lipinski definition) is 0. The van der Waals surface area contributed by atoms with Crippen molar-refractivity contribution in [2.24, 2.45) is 0 Å². The van der Waals surface area contributed by atoms with Crippen LogP contribution in [-0.4, -0.2) is 28.8 Å². The van der Waals surface area contributed by atoms with Crippen LogP contribution in [0.4, 0.5) is 13.2 Å². The molecule has 0 N–H and O–H groups in total. The van der Waals surface area contributed by atoms with E-state index in [-0.39, 0.29) is 17.8 Å². The van der Waals surface area contributed by atoms with Crippen molar-refractivity contribution < 1.29 is 32.2 Å². The van der Waals surface area contributed by atoms with Crippen molar-refractivity contribution in [3.05, 3.63) is 64.7 Å². The van der Waals surface area contributed by atoms with Gasteiger partial charge in [-0.15, -0.1) is 0 Å². The molecule has 0 amide bonds. The number of esters is 2. The number of halogens is 3. The van der Waals surface area contributed by atoms with Crippen molar-refractivity contribution in [2.75, 3.05) is 7.11 Å². The third kappa shape index (κ3) is 4.39. The molecule has 0 saturated heterocycles. The number of carbonyl (C=O) groups excluding carboxylic acids is 2. The van der Waals surface area contributed by atoms with E-state index in [1.807, 2.05) is 0 Å². The van der Waals surface area contributed by atoms with E-state index in [0.29, 0.717) is 31.0 Å². The summed E-state index contributed by atoms with van der Waals surface area (Å²) in [6, 6.07) is 8.08. The number of ether oxygens (including phenoxy) is 2. The van der Waals surface area contributed by atoms with Crippen LogP contribution in [0.2, 0.25) is 0 Å². The van der Waals surface area contributed by atoms with Gasteiger partial charge in [0.05, 0.1) is 24.9 Å². The maximum absolute atomic E-state index is 13.6. The van der Waals surface area contributed by atoms with Crippen LogP contribution < -0.4 is 0 Å². The topological polar surface area (TPSA) is 70.4 Å². The van der Waals surface area contributed by atoms with Crippen molar-refractivity contribution in [1.29, 1.82) is 0 Å². The molecule has 1 aliphatic carbocycles. The monoisotopic (exact) mass is 422 g/mol. The van der Waals surface area contributed by atoms with Gasteiger partial charge in [0, 0.05) is 6.42 Å². The van der Waals surface area contributed by atoms with Crippen LogP contribution in [0.3, 0.4) is 0 Å². The number of aromatic nitrogens is 2. The van der Waals surface area contributed by atoms with Crippen molar-refractivity contribution in [3.63, 3.8) is 0 Å². The summed E-state index contributed by atoms with van der Waals surface area (Å²) in [6.45, 7) is 1.64. The van der Waals surface area contributed by atoms with E-state index in [2.05, 4.69) is 5.10 Å². The van der Waals surface area contributed by atoms with Crippen LogP contribution in [0.15, 0.2) is 47.9 Å². The van der Waals surface area contributed by atoms with Crippen molar-refractivity contribution >= 4 is 11.9 Å². The van der Waals surface area contributed by atoms with Gasteiger partial charge in [0.1, 0.15) is 11.3 Å². The average Bonchev–Trinajstić information content (AvgIpc) is 3.19. The van der Waals surface area contributed by atoms with E-state index in [1.54, 1.807) is 37.3 Å². The maximum atomic E-state index is 13.6. The lowest BCUT2D eigenvalue weighted by molar-refractivity contribution is -0.138. The zero-order valence-electron chi connectivity index (χ0n) is 16.5. The lowest BCUT2D eigenvalue weighted by Gasteiger charge is -2.20. The summed E-state index contributed by atoms with van der Waals surface area (Å²) in [5.74, 6) is -1.81. The minimum Gasteiger partial charge on any atom is -0.466 e. The van der Waals surface area contributed by atoms with Crippen LogP contribution in [0.1, 0.15) is 60.3 Å². The molecule has 0 aliphatic heterocycles. The highest BCUT2D eigenvalue weighted by Crippen LogP contribution is 2.35. The first kappa shape index (κ1) is 21.6. The molecular weight excluding hydrogens is 401 g/mol. The molecule has 2 aromatic rings. The number of alkyl halides is 3. The van der Waals surface area contributed by atoms with Crippen molar-refractivity contribution in [1.82, 2.24) is 9.78 Å². The molecule has 0 saturated carbocycles. The number of rotatable bonds is 5. The zero-order valence-corrected chi connectivity index (χ0v) is 16.5. The molecule has 0 unspecified atom stereocenters. The standard InChI is InChI=1S/C21H21F3N2O4/c1-13(14-8-4-3-5-9-14)26-18(16(12-25-26)21(22,23)24)20(28)30-17-11-7-6-10-15(17)19(27)29-2/h3-5,8-9,12-13H,6-7,10-11H2,1-2H3/t13-/m1/s1. The summed E-state index contributed by atoms with van der Waals surface area (Å²) in [5.41, 5.74) is -1.05. The Hall–Kier alpha value is -3.10. The summed E-state index contributed by atoms with van der Waals surface area (Å²) in [6.07, 6.45) is -2.24. The quantitative estimate of drug-likeness (QED) is 0.655. The Morgan fingerprint density at radius 3 is 2.40 bits per heavy atom. The Balaban J connectivity index is 2.03. The van der Waals surface area contributed by atoms with Gasteiger partial charge in [0.15, 0.2) is 5.69 Å². The van der Waals surface area contributed by atoms with Gasteiger partial charge in [-0.3, -0.25) is 4.68 Å². The summed E-state index contributed by atoms with van der Waals surface area (Å²) in [5, 5.41) is 3.83. The molecule has 1 heterocycles. The normalized spacial score (nSPS) is 15.6. The van der Waals surface area contributed by atoms with Gasteiger partial charge in [0.25, 0.3) is 0 Å². The van der Waals surface area contributed by atoms with E-state index in [9.17, 15) is 22.8 Å². The second kappa shape index (κ2) is 8.73. The van der Waals surface area contributed by atoms with E-state index in [0.717, 1.165) is 4.68 Å². The van der Waals surface area contributed by atoms with E-state index in [1.165, 1.54) is 7.11 Å². The van der Waals surface area contributed by atoms with E-state index >= 15 is 0 Å². The summed E-state index contributed by atoms with van der Waals surface area (Å²) in [7, 11) is 1.20. The van der Waals surface area contributed by atoms with E-state index < -0.39 is 35.4 Å². The Morgan fingerprint density at radius 2 is 1.77 bits per heavy atom. The van der Waals surface area contributed by atoms with Crippen LogP contribution in [0.25, 0.3) is 0 Å². The molecule has 1 atom stereocenters. The van der Waals surface area contributed by atoms with Crippen molar-refractivity contribution in [2.45, 2.75) is 44.8 Å². The van der Waals surface area contributed by atoms with Gasteiger partial charge in [-0.1, -0.05) is 30.3 Å². The van der Waals surface area contributed by atoms with Crippen LogP contribution in [-0.2, 0) is 20.4 Å². The molecule has 0 bridgehead atoms. The number of allylic oxidation sites excluding steroid dienone is 1. The zero-order chi connectivity index (χ0) is 21.9. The molecule has 3 rings (SSSR count). The summed E-state index contributed by atoms with van der Waals surface area (Å²) in [4.78, 5) is 24.8. The Morgan fingerprint density at radius 1 is 1.10 bits per heavy atom. The summed E-state index contributed by atoms with van der Waals surface area (Å²) < 4.78 is 51.8. The molecule has 160 valence electrons. The average molecular weight is 422 g/mol. The minimum atomic E-state index is -4.80. The Bertz CT molecular complexity index is 964. The Kier molecular flexibility index (Phi) is 6.28. The molecule has 0 spiro atoms. The van der Waals surface area contributed by atoms with Gasteiger partial charge in [0.2, 0.25) is 0 Å². The first-order chi connectivity index (χ1) is 14.2. The van der Waals surface area contributed by atoms with Gasteiger partial charge in [-0.25, -0.2) is 9.59 Å². The van der Waals surface area contributed by atoms with Gasteiger partial charge in [-0.2, -0.15) is 18.3 Å². The largest absolute Gasteiger partial charge is 0.466 e. The molecule has 1 aromatic carbocycles. The molecule has 0 radical (unpaired) electrons. The van der Waals surface area contributed by atoms with Gasteiger partial charge < -0.3 is 9.47 Å². The fourth-order valence-electron chi connectivity index (χ4n) is 3.43. The number of carbonyl (C=O) groups is 2. The molecule has 0 fully saturated rings. The second-order valence-corrected chi connectivity index (χ2v) is 6.93. The third-order valence-electron chi connectivity index (χ3n) is 5.01. The molecule has 1 aliphatic rings. The smallest absolute Gasteiger partial charge is 0.420 e. The second-order valence-electron chi connectivity index (χ2n) is 6.93. The van der Waals surface area contributed by atoms with Gasteiger partial charge in [-0.05, 0) is 31.7 Å². The number of methoxy groups -OCH3 is 1. The lowest BCUT2D eigenvalue weighted by Crippen LogP contribution is -2.22. The highest BCUT2D eigenvalue weighted by atomic mass is 19.4. The first-order valence-electron chi connectivity index (χ1n) is 9.46. The molecule has 9 heteroatoms. The maximum Gasteiger partial charge on any atom is 0.420 e. The predicted molar refractivity (Wildman–Crippen MR) is 100 cm³/mol. The summed E-state index contributed by atoms with van der Waals surface area (Å²) >= 11 is 0. The highest BCUT2D eigenvalue weighted by Gasteiger charge is 2.40. The predicted octanol–water partition coefficient (Wildman–Crippen LogP) is 4.67. The SMILES string of the molecule is COC(=O)C1=C(OC(=O)c2c(C(F)(F)F)cnn2[C@H](C)c2ccccc2)CCCC1. The number of nitrogens with zero attached hydrogens (tertiary/aromatic N) is 2. The molecule has 6 nitrogen and oxygen atoms in total. The minimum absolute atomic E-state index is 0.0475. The third-order valence-corrected chi connectivity index (χ3v) is 5.01. The first-order valence-corrected chi connectivity index (χ1v) is 9.46. The number of benzene rings is 1. The van der Waals surface area contributed by atoms with Crippen LogP contribution >= 0.6 is 0 Å². The fraction of sp³-hybridized carbons (Fsp3) is 0.381. The van der Waals surface area contributed by atoms with E-state index in [4.69, 9.17) is 9.47 Å². The van der Waals surface area contributed by atoms with Crippen LogP contribution in [0.5, 0.6) is 0 Å². The van der Waals surface area contributed by atoms with Gasteiger partial charge >= 0.3 is 18.1 Å². The molecule has 30 heavy (non-hydrogen) atoms. The Labute approximate surface area is 171 Å². The fourth-order valence-corrected chi connectivity index (χ4v) is 3.43. The van der Waals surface area contributed by atoms with Crippen molar-refractivity contribution in [3.8, 4) is 0 Å².